The second kappa shape index (κ2) is 5.20. The highest BCUT2D eigenvalue weighted by Crippen LogP contribution is 2.36. The fourth-order valence-corrected chi connectivity index (χ4v) is 4.53. The van der Waals surface area contributed by atoms with Gasteiger partial charge in [0.2, 0.25) is 9.84 Å². The first-order chi connectivity index (χ1) is 9.89. The molecule has 0 unspecified atom stereocenters. The van der Waals surface area contributed by atoms with Crippen LogP contribution in [0.2, 0.25) is 10.0 Å². The van der Waals surface area contributed by atoms with Gasteiger partial charge in [-0.3, -0.25) is 0 Å². The monoisotopic (exact) mass is 342 g/mol. The molecule has 0 heterocycles. The van der Waals surface area contributed by atoms with Gasteiger partial charge < -0.3 is 5.11 Å². The quantitative estimate of drug-likeness (QED) is 0.896. The van der Waals surface area contributed by atoms with Crippen molar-refractivity contribution in [2.75, 3.05) is 0 Å². The van der Waals surface area contributed by atoms with Crippen LogP contribution in [0.5, 0.6) is 5.75 Å². The fraction of sp³-hybridized carbons (Fsp3) is 0.200. The van der Waals surface area contributed by atoms with Crippen molar-refractivity contribution in [1.29, 1.82) is 0 Å². The normalized spacial score (nSPS) is 14.2. The lowest BCUT2D eigenvalue weighted by Crippen LogP contribution is -2.03. The van der Waals surface area contributed by atoms with Crippen LogP contribution in [-0.4, -0.2) is 13.5 Å². The van der Waals surface area contributed by atoms with Gasteiger partial charge in [0.15, 0.2) is 5.75 Å². The molecule has 0 aliphatic heterocycles. The minimum absolute atomic E-state index is 0.0201. The standard InChI is InChI=1S/C15H12Cl2O3S/c16-13-7-12(8-14(17)15(13)18)21(19,20)11-5-4-9-2-1-3-10(9)6-11/h4-8,18H,1-3H2. The minimum Gasteiger partial charge on any atom is -0.505 e. The molecule has 0 atom stereocenters. The second-order valence-corrected chi connectivity index (χ2v) is 7.79. The van der Waals surface area contributed by atoms with Gasteiger partial charge in [-0.2, -0.15) is 0 Å². The van der Waals surface area contributed by atoms with Crippen molar-refractivity contribution >= 4 is 33.0 Å². The molecule has 2 aromatic rings. The van der Waals surface area contributed by atoms with Crippen molar-refractivity contribution < 1.29 is 13.5 Å². The van der Waals surface area contributed by atoms with Crippen molar-refractivity contribution in [1.82, 2.24) is 0 Å². The SMILES string of the molecule is O=S(=O)(c1cc(Cl)c(O)c(Cl)c1)c1ccc2c(c1)CCC2. The first-order valence-corrected chi connectivity index (χ1v) is 8.68. The molecule has 110 valence electrons. The summed E-state index contributed by atoms with van der Waals surface area (Å²) < 4.78 is 25.3. The van der Waals surface area contributed by atoms with Crippen LogP contribution in [0.25, 0.3) is 0 Å². The summed E-state index contributed by atoms with van der Waals surface area (Å²) in [5.41, 5.74) is 2.28. The van der Waals surface area contributed by atoms with Crippen molar-refractivity contribution in [3.63, 3.8) is 0 Å². The zero-order valence-electron chi connectivity index (χ0n) is 10.9. The molecule has 0 fully saturated rings. The predicted octanol–water partition coefficient (Wildman–Crippen LogP) is 4.02. The number of hydrogen-bond donors (Lipinski definition) is 1. The molecule has 2 aromatic carbocycles. The van der Waals surface area contributed by atoms with Crippen LogP contribution in [-0.2, 0) is 22.7 Å². The van der Waals surface area contributed by atoms with E-state index in [0.717, 1.165) is 24.8 Å². The van der Waals surface area contributed by atoms with E-state index in [1.165, 1.54) is 17.7 Å². The number of aromatic hydroxyl groups is 1. The first kappa shape index (κ1) is 14.7. The third-order valence-corrected chi connectivity index (χ3v) is 5.99. The number of rotatable bonds is 2. The number of aryl methyl sites for hydroxylation is 2. The summed E-state index contributed by atoms with van der Waals surface area (Å²) in [5.74, 6) is -0.314. The van der Waals surface area contributed by atoms with E-state index in [1.807, 2.05) is 6.07 Å². The molecule has 6 heteroatoms. The van der Waals surface area contributed by atoms with Crippen molar-refractivity contribution in [3.8, 4) is 5.75 Å². The summed E-state index contributed by atoms with van der Waals surface area (Å²) >= 11 is 11.6. The lowest BCUT2D eigenvalue weighted by molar-refractivity contribution is 0.475. The molecule has 1 N–H and O–H groups in total. The highest BCUT2D eigenvalue weighted by atomic mass is 35.5. The fourth-order valence-electron chi connectivity index (χ4n) is 2.55. The van der Waals surface area contributed by atoms with E-state index in [-0.39, 0.29) is 25.6 Å². The van der Waals surface area contributed by atoms with Gasteiger partial charge in [-0.1, -0.05) is 29.3 Å². The summed E-state index contributed by atoms with van der Waals surface area (Å²) in [6.45, 7) is 0. The zero-order valence-corrected chi connectivity index (χ0v) is 13.3. The van der Waals surface area contributed by atoms with Crippen molar-refractivity contribution in [3.05, 3.63) is 51.5 Å². The van der Waals surface area contributed by atoms with Gasteiger partial charge in [0, 0.05) is 0 Å². The molecular weight excluding hydrogens is 331 g/mol. The molecule has 21 heavy (non-hydrogen) atoms. The summed E-state index contributed by atoms with van der Waals surface area (Å²) in [4.78, 5) is 0.203. The number of benzene rings is 2. The molecular formula is C15H12Cl2O3S. The number of hydrogen-bond acceptors (Lipinski definition) is 3. The Labute approximate surface area is 133 Å². The Morgan fingerprint density at radius 1 is 0.905 bits per heavy atom. The van der Waals surface area contributed by atoms with Crippen LogP contribution < -0.4 is 0 Å². The lowest BCUT2D eigenvalue weighted by atomic mass is 10.1. The second-order valence-electron chi connectivity index (χ2n) is 5.02. The maximum atomic E-state index is 12.7. The van der Waals surface area contributed by atoms with Gasteiger partial charge in [-0.25, -0.2) is 8.42 Å². The summed E-state index contributed by atoms with van der Waals surface area (Å²) in [6, 6.07) is 7.61. The third-order valence-electron chi connectivity index (χ3n) is 3.68. The van der Waals surface area contributed by atoms with E-state index in [1.54, 1.807) is 12.1 Å². The maximum absolute atomic E-state index is 12.7. The molecule has 0 spiro atoms. The van der Waals surface area contributed by atoms with Crippen molar-refractivity contribution in [2.24, 2.45) is 0 Å². The Morgan fingerprint density at radius 2 is 1.52 bits per heavy atom. The van der Waals surface area contributed by atoms with Gasteiger partial charge in [0.05, 0.1) is 19.8 Å². The zero-order chi connectivity index (χ0) is 15.2. The highest BCUT2D eigenvalue weighted by Gasteiger charge is 2.22. The molecule has 0 amide bonds. The smallest absolute Gasteiger partial charge is 0.206 e. The number of sulfone groups is 1. The van der Waals surface area contributed by atoms with E-state index >= 15 is 0 Å². The van der Waals surface area contributed by atoms with Gasteiger partial charge in [-0.05, 0) is 54.7 Å². The molecule has 3 nitrogen and oxygen atoms in total. The topological polar surface area (TPSA) is 54.4 Å². The van der Waals surface area contributed by atoms with E-state index in [0.29, 0.717) is 0 Å². The van der Waals surface area contributed by atoms with E-state index < -0.39 is 9.84 Å². The molecule has 1 aliphatic carbocycles. The average Bonchev–Trinajstić information content (AvgIpc) is 2.91. The summed E-state index contributed by atoms with van der Waals surface area (Å²) in [5, 5.41) is 9.37. The number of halogens is 2. The Hall–Kier alpha value is -1.23. The Balaban J connectivity index is 2.13. The predicted molar refractivity (Wildman–Crippen MR) is 82.0 cm³/mol. The van der Waals surface area contributed by atoms with Gasteiger partial charge in [-0.15, -0.1) is 0 Å². The number of fused-ring (bicyclic) bond motifs is 1. The average molecular weight is 343 g/mol. The maximum Gasteiger partial charge on any atom is 0.206 e. The molecule has 0 radical (unpaired) electrons. The third kappa shape index (κ3) is 2.52. The van der Waals surface area contributed by atoms with E-state index in [2.05, 4.69) is 0 Å². The molecule has 0 aromatic heterocycles. The first-order valence-electron chi connectivity index (χ1n) is 6.44. The largest absolute Gasteiger partial charge is 0.505 e. The molecule has 0 saturated heterocycles. The van der Waals surface area contributed by atoms with Crippen LogP contribution in [0.4, 0.5) is 0 Å². The van der Waals surface area contributed by atoms with Crippen LogP contribution in [0, 0.1) is 0 Å². The molecule has 3 rings (SSSR count). The van der Waals surface area contributed by atoms with Crippen LogP contribution in [0.3, 0.4) is 0 Å². The van der Waals surface area contributed by atoms with Crippen LogP contribution in [0.15, 0.2) is 40.1 Å². The van der Waals surface area contributed by atoms with E-state index in [4.69, 9.17) is 23.2 Å². The number of phenolic OH excluding ortho intramolecular Hbond substituents is 1. The van der Waals surface area contributed by atoms with Gasteiger partial charge in [0.1, 0.15) is 0 Å². The Bertz CT molecular complexity index is 806. The molecule has 0 bridgehead atoms. The highest BCUT2D eigenvalue weighted by molar-refractivity contribution is 7.91. The summed E-state index contributed by atoms with van der Waals surface area (Å²) in [6.07, 6.45) is 2.94. The van der Waals surface area contributed by atoms with Crippen LogP contribution >= 0.6 is 23.2 Å². The summed E-state index contributed by atoms with van der Waals surface area (Å²) in [7, 11) is -3.70. The van der Waals surface area contributed by atoms with Gasteiger partial charge in [0.25, 0.3) is 0 Å². The Morgan fingerprint density at radius 3 is 2.19 bits per heavy atom. The van der Waals surface area contributed by atoms with Crippen LogP contribution in [0.1, 0.15) is 17.5 Å². The minimum atomic E-state index is -3.70. The molecule has 0 saturated carbocycles. The number of phenols is 1. The van der Waals surface area contributed by atoms with Gasteiger partial charge >= 0.3 is 0 Å². The van der Waals surface area contributed by atoms with Crippen molar-refractivity contribution in [2.45, 2.75) is 29.1 Å². The van der Waals surface area contributed by atoms with E-state index in [9.17, 15) is 13.5 Å². The Kier molecular flexibility index (Phi) is 3.64. The molecule has 1 aliphatic rings. The lowest BCUT2D eigenvalue weighted by Gasteiger charge is -2.09.